The molecule has 0 radical (unpaired) electrons. The highest BCUT2D eigenvalue weighted by Crippen LogP contribution is 2.35. The van der Waals surface area contributed by atoms with E-state index in [1.165, 1.54) is 38.6 Å². The minimum Gasteiger partial charge on any atom is -0.497 e. The number of anilines is 1. The fraction of sp³-hybridized carbons (Fsp3) is 0.276. The van der Waals surface area contributed by atoms with Crippen molar-refractivity contribution >= 4 is 33.8 Å². The average molecular weight is 584 g/mol. The lowest BCUT2D eigenvalue weighted by Gasteiger charge is -2.25. The highest BCUT2D eigenvalue weighted by Gasteiger charge is 2.30. The molecule has 11 nitrogen and oxygen atoms in total. The molecule has 0 aliphatic carbocycles. The van der Waals surface area contributed by atoms with Gasteiger partial charge in [-0.15, -0.1) is 0 Å². The van der Waals surface area contributed by atoms with Gasteiger partial charge >= 0.3 is 5.97 Å². The number of hydrazone groups is 1. The first-order valence-electron chi connectivity index (χ1n) is 12.5. The fourth-order valence-electron chi connectivity index (χ4n) is 3.52. The second kappa shape index (κ2) is 13.7. The summed E-state index contributed by atoms with van der Waals surface area (Å²) in [4.78, 5) is 24.7. The maximum absolute atomic E-state index is 13.6. The van der Waals surface area contributed by atoms with E-state index >= 15 is 0 Å². The first kappa shape index (κ1) is 31.0. The number of amides is 1. The van der Waals surface area contributed by atoms with Crippen molar-refractivity contribution in [1.29, 1.82) is 0 Å². The third kappa shape index (κ3) is 8.97. The van der Waals surface area contributed by atoms with Gasteiger partial charge in [0, 0.05) is 6.07 Å². The van der Waals surface area contributed by atoms with Crippen LogP contribution in [0.5, 0.6) is 17.2 Å². The van der Waals surface area contributed by atoms with Gasteiger partial charge in [0.1, 0.15) is 29.4 Å². The van der Waals surface area contributed by atoms with Gasteiger partial charge in [0.2, 0.25) is 0 Å². The van der Waals surface area contributed by atoms with Crippen molar-refractivity contribution in [2.24, 2.45) is 5.10 Å². The molecule has 0 aliphatic heterocycles. The molecule has 12 heteroatoms. The van der Waals surface area contributed by atoms with Gasteiger partial charge in [-0.25, -0.2) is 18.6 Å². The lowest BCUT2D eigenvalue weighted by Crippen LogP contribution is -2.39. The van der Waals surface area contributed by atoms with Crippen LogP contribution in [-0.2, 0) is 24.3 Å². The lowest BCUT2D eigenvalue weighted by atomic mass is 10.2. The summed E-state index contributed by atoms with van der Waals surface area (Å²) in [6.07, 6.45) is 1.39. The van der Waals surface area contributed by atoms with Crippen molar-refractivity contribution in [3.05, 3.63) is 78.4 Å². The van der Waals surface area contributed by atoms with E-state index in [-0.39, 0.29) is 22.9 Å². The summed E-state index contributed by atoms with van der Waals surface area (Å²) < 4.78 is 49.4. The summed E-state index contributed by atoms with van der Waals surface area (Å²) in [5.74, 6) is -0.115. The number of nitrogens with zero attached hydrogens (tertiary/aromatic N) is 2. The van der Waals surface area contributed by atoms with Gasteiger partial charge in [-0.2, -0.15) is 5.10 Å². The van der Waals surface area contributed by atoms with Crippen LogP contribution in [0.3, 0.4) is 0 Å². The van der Waals surface area contributed by atoms with Crippen LogP contribution >= 0.6 is 0 Å². The van der Waals surface area contributed by atoms with Crippen molar-refractivity contribution in [3.8, 4) is 17.2 Å². The van der Waals surface area contributed by atoms with E-state index in [0.29, 0.717) is 17.1 Å². The number of nitrogens with one attached hydrogen (secondary N) is 1. The lowest BCUT2D eigenvalue weighted by molar-refractivity contribution is -0.157. The van der Waals surface area contributed by atoms with Crippen LogP contribution in [0.4, 0.5) is 5.69 Å². The molecule has 3 aromatic carbocycles. The molecular weight excluding hydrogens is 550 g/mol. The molecular formula is C29H33N3O8S. The number of sulfonamides is 1. The number of benzene rings is 3. The van der Waals surface area contributed by atoms with Crippen LogP contribution in [0.25, 0.3) is 0 Å². The average Bonchev–Trinajstić information content (AvgIpc) is 2.94. The van der Waals surface area contributed by atoms with Gasteiger partial charge in [-0.3, -0.25) is 9.10 Å². The van der Waals surface area contributed by atoms with Crippen molar-refractivity contribution in [2.75, 3.05) is 31.7 Å². The van der Waals surface area contributed by atoms with Gasteiger partial charge in [0.15, 0.2) is 6.61 Å². The summed E-state index contributed by atoms with van der Waals surface area (Å²) in [5.41, 5.74) is 2.50. The van der Waals surface area contributed by atoms with Crippen LogP contribution in [0, 0.1) is 0 Å². The fourth-order valence-corrected chi connectivity index (χ4v) is 4.96. The monoisotopic (exact) mass is 583 g/mol. The largest absolute Gasteiger partial charge is 0.497 e. The SMILES string of the molecule is COc1ccc(OC)c(N(CC(=O)N/N=C\c2ccc(OCC(=O)OC(C)(C)C)cc2)S(=O)(=O)c2ccccc2)c1. The predicted molar refractivity (Wildman–Crippen MR) is 154 cm³/mol. The first-order valence-corrected chi connectivity index (χ1v) is 13.9. The molecule has 0 bridgehead atoms. The Morgan fingerprint density at radius 2 is 1.59 bits per heavy atom. The zero-order chi connectivity index (χ0) is 30.0. The number of methoxy groups -OCH3 is 2. The van der Waals surface area contributed by atoms with E-state index in [1.807, 2.05) is 0 Å². The topological polar surface area (TPSA) is 133 Å². The van der Waals surface area contributed by atoms with Crippen molar-refractivity contribution in [2.45, 2.75) is 31.3 Å². The molecule has 3 aromatic rings. The molecule has 0 heterocycles. The van der Waals surface area contributed by atoms with Gasteiger partial charge in [0.25, 0.3) is 15.9 Å². The van der Waals surface area contributed by atoms with Crippen molar-refractivity contribution < 1.29 is 37.0 Å². The Hall–Kier alpha value is -4.58. The van der Waals surface area contributed by atoms with Gasteiger partial charge in [-0.05, 0) is 74.9 Å². The van der Waals surface area contributed by atoms with Crippen LogP contribution in [0.2, 0.25) is 0 Å². The molecule has 1 N–H and O–H groups in total. The number of hydrogen-bond acceptors (Lipinski definition) is 9. The maximum Gasteiger partial charge on any atom is 0.344 e. The summed E-state index contributed by atoms with van der Waals surface area (Å²) in [7, 11) is -1.33. The molecule has 0 aromatic heterocycles. The van der Waals surface area contributed by atoms with E-state index in [4.69, 9.17) is 18.9 Å². The zero-order valence-corrected chi connectivity index (χ0v) is 24.3. The smallest absolute Gasteiger partial charge is 0.344 e. The number of carbonyl (C=O) groups excluding carboxylic acids is 2. The Bertz CT molecular complexity index is 1470. The molecule has 0 spiro atoms. The molecule has 218 valence electrons. The van der Waals surface area contributed by atoms with E-state index in [9.17, 15) is 18.0 Å². The number of ether oxygens (including phenoxy) is 4. The van der Waals surface area contributed by atoms with Crippen molar-refractivity contribution in [1.82, 2.24) is 5.43 Å². The normalized spacial score (nSPS) is 11.5. The number of hydrogen-bond donors (Lipinski definition) is 1. The van der Waals surface area contributed by atoms with Gasteiger partial charge in [0.05, 0.1) is 31.0 Å². The third-order valence-electron chi connectivity index (χ3n) is 5.33. The second-order valence-electron chi connectivity index (χ2n) is 9.60. The maximum atomic E-state index is 13.6. The molecule has 41 heavy (non-hydrogen) atoms. The number of rotatable bonds is 12. The Morgan fingerprint density at radius 3 is 2.20 bits per heavy atom. The van der Waals surface area contributed by atoms with Gasteiger partial charge < -0.3 is 18.9 Å². The first-order chi connectivity index (χ1) is 19.4. The molecule has 0 saturated carbocycles. The van der Waals surface area contributed by atoms with E-state index < -0.39 is 34.0 Å². The van der Waals surface area contributed by atoms with Gasteiger partial charge in [-0.1, -0.05) is 18.2 Å². The summed E-state index contributed by atoms with van der Waals surface area (Å²) >= 11 is 0. The minimum atomic E-state index is -4.17. The van der Waals surface area contributed by atoms with E-state index in [0.717, 1.165) is 4.31 Å². The van der Waals surface area contributed by atoms with Crippen LogP contribution < -0.4 is 23.9 Å². The number of esters is 1. The highest BCUT2D eigenvalue weighted by atomic mass is 32.2. The Kier molecular flexibility index (Phi) is 10.3. The van der Waals surface area contributed by atoms with Crippen LogP contribution in [-0.4, -0.2) is 59.5 Å². The van der Waals surface area contributed by atoms with E-state index in [1.54, 1.807) is 75.4 Å². The zero-order valence-electron chi connectivity index (χ0n) is 23.5. The molecule has 0 fully saturated rings. The standard InChI is InChI=1S/C29H33N3O8S/c1-29(2,3)40-28(34)20-39-22-13-11-21(12-14-22)18-30-31-27(33)19-32(41(35,36)24-9-7-6-8-10-24)25-17-23(37-4)15-16-26(25)38-5/h6-18H,19-20H2,1-5H3,(H,31,33)/b30-18-. The van der Waals surface area contributed by atoms with E-state index in [2.05, 4.69) is 10.5 Å². The minimum absolute atomic E-state index is 0.00449. The Labute approximate surface area is 239 Å². The molecule has 0 aliphatic rings. The molecule has 0 unspecified atom stereocenters. The Morgan fingerprint density at radius 1 is 0.927 bits per heavy atom. The quantitative estimate of drug-likeness (QED) is 0.194. The highest BCUT2D eigenvalue weighted by molar-refractivity contribution is 7.92. The molecule has 0 atom stereocenters. The van der Waals surface area contributed by atoms with Crippen LogP contribution in [0.15, 0.2) is 82.8 Å². The number of carbonyl (C=O) groups is 2. The molecule has 1 amide bonds. The summed E-state index contributed by atoms with van der Waals surface area (Å²) in [6.45, 7) is 4.49. The third-order valence-corrected chi connectivity index (χ3v) is 7.11. The van der Waals surface area contributed by atoms with Crippen LogP contribution in [0.1, 0.15) is 26.3 Å². The molecule has 3 rings (SSSR count). The second-order valence-corrected chi connectivity index (χ2v) is 11.5. The molecule has 0 saturated heterocycles. The Balaban J connectivity index is 1.72. The van der Waals surface area contributed by atoms with Crippen molar-refractivity contribution in [3.63, 3.8) is 0 Å². The summed E-state index contributed by atoms with van der Waals surface area (Å²) in [6, 6.07) is 19.0. The summed E-state index contributed by atoms with van der Waals surface area (Å²) in [5, 5.41) is 3.95. The predicted octanol–water partition coefficient (Wildman–Crippen LogP) is 3.77.